The van der Waals surface area contributed by atoms with Crippen LogP contribution in [-0.4, -0.2) is 41.8 Å². The number of methoxy groups -OCH3 is 1. The number of hydrogen-bond donors (Lipinski definition) is 2. The number of H-pyrrole nitrogens is 1. The van der Waals surface area contributed by atoms with Crippen molar-refractivity contribution in [3.05, 3.63) is 75.7 Å². The molecule has 0 aliphatic heterocycles. The van der Waals surface area contributed by atoms with E-state index < -0.39 is 24.5 Å². The first kappa shape index (κ1) is 20.7. The highest BCUT2D eigenvalue weighted by Crippen LogP contribution is 2.13. The van der Waals surface area contributed by atoms with Gasteiger partial charge in [0, 0.05) is 11.9 Å². The molecule has 9 nitrogen and oxygen atoms in total. The average molecular weight is 409 g/mol. The maximum absolute atomic E-state index is 12.1. The summed E-state index contributed by atoms with van der Waals surface area (Å²) in [6.45, 7) is -0.232. The van der Waals surface area contributed by atoms with Gasteiger partial charge < -0.3 is 14.8 Å². The molecule has 0 atom stereocenters. The maximum atomic E-state index is 12.1. The molecule has 2 aromatic carbocycles. The minimum absolute atomic E-state index is 0.181. The average Bonchev–Trinajstić information content (AvgIpc) is 2.78. The van der Waals surface area contributed by atoms with Crippen LogP contribution < -0.4 is 10.9 Å². The molecule has 30 heavy (non-hydrogen) atoms. The van der Waals surface area contributed by atoms with Crippen molar-refractivity contribution in [1.82, 2.24) is 15.5 Å². The lowest BCUT2D eigenvalue weighted by molar-refractivity contribution is -0.147. The summed E-state index contributed by atoms with van der Waals surface area (Å²) in [5, 5.41) is 9.85. The van der Waals surface area contributed by atoms with E-state index in [1.54, 1.807) is 48.5 Å². The molecule has 1 amide bonds. The number of aromatic amines is 1. The second-order valence-corrected chi connectivity index (χ2v) is 6.35. The SMILES string of the molecule is COC(=O)c1ccc(CNC(=O)COC(=O)Cc2n[nH]c(=O)c3ccccc23)cc1. The molecule has 0 saturated carbocycles. The molecule has 1 aromatic heterocycles. The molecule has 0 radical (unpaired) electrons. The molecule has 0 aliphatic rings. The molecule has 0 unspecified atom stereocenters. The molecule has 0 bridgehead atoms. The minimum atomic E-state index is -0.641. The van der Waals surface area contributed by atoms with Gasteiger partial charge in [-0.1, -0.05) is 30.3 Å². The van der Waals surface area contributed by atoms with Crippen LogP contribution in [0.15, 0.2) is 53.3 Å². The van der Waals surface area contributed by atoms with Crippen LogP contribution in [0.25, 0.3) is 10.8 Å². The fourth-order valence-corrected chi connectivity index (χ4v) is 2.77. The molecule has 0 fully saturated rings. The van der Waals surface area contributed by atoms with Gasteiger partial charge in [-0.05, 0) is 23.8 Å². The van der Waals surface area contributed by atoms with Gasteiger partial charge in [-0.2, -0.15) is 5.10 Å². The second kappa shape index (κ2) is 9.46. The number of benzene rings is 2. The summed E-state index contributed by atoms with van der Waals surface area (Å²) in [6, 6.07) is 13.3. The Morgan fingerprint density at radius 2 is 1.73 bits per heavy atom. The van der Waals surface area contributed by atoms with Gasteiger partial charge in [-0.25, -0.2) is 9.89 Å². The number of fused-ring (bicyclic) bond motifs is 1. The van der Waals surface area contributed by atoms with Gasteiger partial charge in [0.2, 0.25) is 0 Å². The van der Waals surface area contributed by atoms with Crippen molar-refractivity contribution in [3.63, 3.8) is 0 Å². The molecule has 3 rings (SSSR count). The van der Waals surface area contributed by atoms with Gasteiger partial charge in [-0.3, -0.25) is 14.4 Å². The molecule has 1 heterocycles. The zero-order chi connectivity index (χ0) is 21.5. The third kappa shape index (κ3) is 5.07. The number of carbonyl (C=O) groups is 3. The normalized spacial score (nSPS) is 10.4. The van der Waals surface area contributed by atoms with E-state index in [1.165, 1.54) is 7.11 Å². The molecule has 154 valence electrons. The fourth-order valence-electron chi connectivity index (χ4n) is 2.77. The largest absolute Gasteiger partial charge is 0.465 e. The standard InChI is InChI=1S/C21H19N3O6/c1-29-21(28)14-8-6-13(7-9-14)11-22-18(25)12-30-19(26)10-17-15-4-2-3-5-16(15)20(27)24-23-17/h2-9H,10-12H2,1H3,(H,22,25)(H,24,27). The molecule has 0 spiro atoms. The van der Waals surface area contributed by atoms with Crippen molar-refractivity contribution < 1.29 is 23.9 Å². The molecular formula is C21H19N3O6. The Kier molecular flexibility index (Phi) is 6.53. The first-order valence-electron chi connectivity index (χ1n) is 9.04. The molecule has 0 saturated heterocycles. The summed E-state index contributed by atoms with van der Waals surface area (Å²) in [6.07, 6.45) is -0.181. The highest BCUT2D eigenvalue weighted by Gasteiger charge is 2.13. The van der Waals surface area contributed by atoms with E-state index in [4.69, 9.17) is 4.74 Å². The lowest BCUT2D eigenvalue weighted by Crippen LogP contribution is -2.28. The quantitative estimate of drug-likeness (QED) is 0.560. The van der Waals surface area contributed by atoms with Gasteiger partial charge in [0.15, 0.2) is 6.61 Å². The smallest absolute Gasteiger partial charge is 0.337 e. The molecule has 3 aromatic rings. The Bertz CT molecular complexity index is 1140. The van der Waals surface area contributed by atoms with Crippen LogP contribution in [0.2, 0.25) is 0 Å². The number of nitrogens with one attached hydrogen (secondary N) is 2. The van der Waals surface area contributed by atoms with Gasteiger partial charge >= 0.3 is 11.9 Å². The zero-order valence-corrected chi connectivity index (χ0v) is 16.1. The van der Waals surface area contributed by atoms with Crippen molar-refractivity contribution in [2.24, 2.45) is 0 Å². The number of nitrogens with zero attached hydrogens (tertiary/aromatic N) is 1. The molecule has 2 N–H and O–H groups in total. The van der Waals surface area contributed by atoms with Crippen molar-refractivity contribution in [2.75, 3.05) is 13.7 Å². The van der Waals surface area contributed by atoms with Crippen LogP contribution >= 0.6 is 0 Å². The van der Waals surface area contributed by atoms with Crippen LogP contribution in [-0.2, 0) is 32.0 Å². The number of esters is 2. The lowest BCUT2D eigenvalue weighted by atomic mass is 10.1. The van der Waals surface area contributed by atoms with Crippen molar-refractivity contribution in [1.29, 1.82) is 0 Å². The van der Waals surface area contributed by atoms with Crippen molar-refractivity contribution in [2.45, 2.75) is 13.0 Å². The summed E-state index contributed by atoms with van der Waals surface area (Å²) in [7, 11) is 1.30. The summed E-state index contributed by atoms with van der Waals surface area (Å²) >= 11 is 0. The summed E-state index contributed by atoms with van der Waals surface area (Å²) in [5.41, 5.74) is 1.19. The van der Waals surface area contributed by atoms with E-state index in [0.29, 0.717) is 22.0 Å². The number of carbonyl (C=O) groups excluding carboxylic acids is 3. The van der Waals surface area contributed by atoms with E-state index in [1.807, 2.05) is 0 Å². The third-order valence-electron chi connectivity index (χ3n) is 4.32. The van der Waals surface area contributed by atoms with E-state index in [9.17, 15) is 19.2 Å². The van der Waals surface area contributed by atoms with Gasteiger partial charge in [0.05, 0.1) is 30.2 Å². The minimum Gasteiger partial charge on any atom is -0.465 e. The van der Waals surface area contributed by atoms with Crippen LogP contribution in [0.4, 0.5) is 0 Å². The van der Waals surface area contributed by atoms with Crippen LogP contribution in [0.3, 0.4) is 0 Å². The summed E-state index contributed by atoms with van der Waals surface area (Å²) in [4.78, 5) is 47.2. The van der Waals surface area contributed by atoms with Gasteiger partial charge in [0.25, 0.3) is 11.5 Å². The Labute approximate surface area is 171 Å². The van der Waals surface area contributed by atoms with Crippen LogP contribution in [0, 0.1) is 0 Å². The highest BCUT2D eigenvalue weighted by atomic mass is 16.5. The molecule has 9 heteroatoms. The zero-order valence-electron chi connectivity index (χ0n) is 16.1. The first-order valence-corrected chi connectivity index (χ1v) is 9.04. The Balaban J connectivity index is 1.49. The predicted octanol–water partition coefficient (Wildman–Crippen LogP) is 1.11. The number of amides is 1. The maximum Gasteiger partial charge on any atom is 0.337 e. The van der Waals surface area contributed by atoms with E-state index >= 15 is 0 Å². The van der Waals surface area contributed by atoms with E-state index in [0.717, 1.165) is 5.56 Å². The van der Waals surface area contributed by atoms with Gasteiger partial charge in [0.1, 0.15) is 0 Å². The van der Waals surface area contributed by atoms with Gasteiger partial charge in [-0.15, -0.1) is 0 Å². The van der Waals surface area contributed by atoms with Crippen LogP contribution in [0.1, 0.15) is 21.6 Å². The van der Waals surface area contributed by atoms with Crippen molar-refractivity contribution >= 4 is 28.6 Å². The first-order chi connectivity index (χ1) is 14.5. The monoisotopic (exact) mass is 409 g/mol. The number of aromatic nitrogens is 2. The molecular weight excluding hydrogens is 390 g/mol. The van der Waals surface area contributed by atoms with E-state index in [-0.39, 0.29) is 18.5 Å². The summed E-state index contributed by atoms with van der Waals surface area (Å²) < 4.78 is 9.62. The third-order valence-corrected chi connectivity index (χ3v) is 4.32. The Morgan fingerprint density at radius 3 is 2.43 bits per heavy atom. The Hall–Kier alpha value is -4.01. The topological polar surface area (TPSA) is 127 Å². The van der Waals surface area contributed by atoms with Crippen molar-refractivity contribution in [3.8, 4) is 0 Å². The number of hydrogen-bond acceptors (Lipinski definition) is 7. The predicted molar refractivity (Wildman–Crippen MR) is 107 cm³/mol. The fraction of sp³-hybridized carbons (Fsp3) is 0.190. The van der Waals surface area contributed by atoms with E-state index in [2.05, 4.69) is 20.3 Å². The second-order valence-electron chi connectivity index (χ2n) is 6.35. The summed E-state index contributed by atoms with van der Waals surface area (Å²) in [5.74, 6) is -1.56. The molecule has 0 aliphatic carbocycles. The highest BCUT2D eigenvalue weighted by molar-refractivity contribution is 5.89. The van der Waals surface area contributed by atoms with Crippen LogP contribution in [0.5, 0.6) is 0 Å². The lowest BCUT2D eigenvalue weighted by Gasteiger charge is -2.08. The Morgan fingerprint density at radius 1 is 1.03 bits per heavy atom. The number of ether oxygens (including phenoxy) is 2. The number of rotatable bonds is 7.